The van der Waals surface area contributed by atoms with Crippen molar-refractivity contribution in [2.24, 2.45) is 5.92 Å². The Morgan fingerprint density at radius 3 is 2.50 bits per heavy atom. The number of benzene rings is 1. The zero-order chi connectivity index (χ0) is 10.4. The van der Waals surface area contributed by atoms with Crippen LogP contribution in [0.15, 0.2) is 24.3 Å². The average molecular weight is 211 g/mol. The third kappa shape index (κ3) is 3.71. The standard InChI is InChI=1S/C13H19Cl/c1-3-11(4-2)8-9-12-6-5-7-13(14)10-12/h5-7,10-11H,3-4,8-9H2,1-2H3. The Balaban J connectivity index is 2.44. The molecule has 0 fully saturated rings. The normalized spacial score (nSPS) is 10.9. The molecular weight excluding hydrogens is 192 g/mol. The van der Waals surface area contributed by atoms with Crippen LogP contribution in [0.2, 0.25) is 5.02 Å². The molecule has 1 rings (SSSR count). The van der Waals surface area contributed by atoms with E-state index in [2.05, 4.69) is 26.0 Å². The SMILES string of the molecule is CCC(CC)CCc1cccc(Cl)c1. The van der Waals surface area contributed by atoms with Gasteiger partial charge >= 0.3 is 0 Å². The van der Waals surface area contributed by atoms with Crippen LogP contribution in [0.4, 0.5) is 0 Å². The van der Waals surface area contributed by atoms with Crippen LogP contribution in [0.3, 0.4) is 0 Å². The molecule has 0 N–H and O–H groups in total. The number of rotatable bonds is 5. The van der Waals surface area contributed by atoms with Gasteiger partial charge in [-0.05, 0) is 36.5 Å². The van der Waals surface area contributed by atoms with Crippen LogP contribution in [0, 0.1) is 5.92 Å². The predicted molar refractivity (Wildman–Crippen MR) is 63.8 cm³/mol. The van der Waals surface area contributed by atoms with Gasteiger partial charge in [0.2, 0.25) is 0 Å². The van der Waals surface area contributed by atoms with Crippen LogP contribution < -0.4 is 0 Å². The smallest absolute Gasteiger partial charge is 0.0408 e. The van der Waals surface area contributed by atoms with E-state index in [1.54, 1.807) is 0 Å². The Hall–Kier alpha value is -0.490. The fraction of sp³-hybridized carbons (Fsp3) is 0.538. The van der Waals surface area contributed by atoms with Crippen LogP contribution in [-0.2, 0) is 6.42 Å². The van der Waals surface area contributed by atoms with Crippen molar-refractivity contribution in [2.45, 2.75) is 39.5 Å². The van der Waals surface area contributed by atoms with Crippen molar-refractivity contribution in [1.82, 2.24) is 0 Å². The Bertz CT molecular complexity index is 264. The molecule has 0 nitrogen and oxygen atoms in total. The molecule has 0 atom stereocenters. The Kier molecular flexibility index (Phi) is 5.03. The summed E-state index contributed by atoms with van der Waals surface area (Å²) in [6, 6.07) is 8.20. The number of halogens is 1. The molecule has 0 amide bonds. The third-order valence-electron chi connectivity index (χ3n) is 2.88. The molecule has 0 bridgehead atoms. The third-order valence-corrected chi connectivity index (χ3v) is 3.12. The summed E-state index contributed by atoms with van der Waals surface area (Å²) in [4.78, 5) is 0. The van der Waals surface area contributed by atoms with Crippen molar-refractivity contribution in [3.63, 3.8) is 0 Å². The summed E-state index contributed by atoms with van der Waals surface area (Å²) in [5, 5.41) is 0.854. The van der Waals surface area contributed by atoms with Gasteiger partial charge in [-0.15, -0.1) is 0 Å². The maximum Gasteiger partial charge on any atom is 0.0408 e. The minimum atomic E-state index is 0.854. The van der Waals surface area contributed by atoms with Crippen molar-refractivity contribution in [3.05, 3.63) is 34.9 Å². The Morgan fingerprint density at radius 2 is 1.93 bits per heavy atom. The summed E-state index contributed by atoms with van der Waals surface area (Å²) in [7, 11) is 0. The second-order valence-electron chi connectivity index (χ2n) is 3.85. The molecule has 0 saturated heterocycles. The number of hydrogen-bond donors (Lipinski definition) is 0. The van der Waals surface area contributed by atoms with E-state index in [1.807, 2.05) is 12.1 Å². The minimum absolute atomic E-state index is 0.854. The summed E-state index contributed by atoms with van der Waals surface area (Å²) >= 11 is 5.93. The van der Waals surface area contributed by atoms with Crippen molar-refractivity contribution in [3.8, 4) is 0 Å². The maximum atomic E-state index is 5.93. The lowest BCUT2D eigenvalue weighted by Gasteiger charge is -2.11. The lowest BCUT2D eigenvalue weighted by Crippen LogP contribution is -1.98. The highest BCUT2D eigenvalue weighted by Gasteiger charge is 2.03. The molecule has 78 valence electrons. The monoisotopic (exact) mass is 210 g/mol. The van der Waals surface area contributed by atoms with Gasteiger partial charge in [0.15, 0.2) is 0 Å². The zero-order valence-electron chi connectivity index (χ0n) is 9.09. The van der Waals surface area contributed by atoms with Crippen LogP contribution in [0.25, 0.3) is 0 Å². The molecular formula is C13H19Cl. The Morgan fingerprint density at radius 1 is 1.21 bits per heavy atom. The fourth-order valence-corrected chi connectivity index (χ4v) is 1.97. The van der Waals surface area contributed by atoms with Crippen molar-refractivity contribution >= 4 is 11.6 Å². The number of aryl methyl sites for hydroxylation is 1. The van der Waals surface area contributed by atoms with Crippen molar-refractivity contribution in [2.75, 3.05) is 0 Å². The van der Waals surface area contributed by atoms with E-state index in [1.165, 1.54) is 24.8 Å². The highest BCUT2D eigenvalue weighted by Crippen LogP contribution is 2.18. The lowest BCUT2D eigenvalue weighted by molar-refractivity contribution is 0.456. The van der Waals surface area contributed by atoms with Crippen LogP contribution in [0.5, 0.6) is 0 Å². The summed E-state index contributed by atoms with van der Waals surface area (Å²) in [5.41, 5.74) is 1.37. The Labute approximate surface area is 92.3 Å². The van der Waals surface area contributed by atoms with Gasteiger partial charge in [0.05, 0.1) is 0 Å². The molecule has 1 aromatic carbocycles. The molecule has 1 aromatic rings. The lowest BCUT2D eigenvalue weighted by atomic mass is 9.95. The molecule has 1 heteroatoms. The second-order valence-corrected chi connectivity index (χ2v) is 4.29. The molecule has 0 aliphatic heterocycles. The van der Waals surface area contributed by atoms with Crippen LogP contribution in [-0.4, -0.2) is 0 Å². The highest BCUT2D eigenvalue weighted by molar-refractivity contribution is 6.30. The first kappa shape index (κ1) is 11.6. The highest BCUT2D eigenvalue weighted by atomic mass is 35.5. The summed E-state index contributed by atoms with van der Waals surface area (Å²) in [5.74, 6) is 0.869. The van der Waals surface area contributed by atoms with E-state index in [0.717, 1.165) is 17.4 Å². The molecule has 0 unspecified atom stereocenters. The average Bonchev–Trinajstić information content (AvgIpc) is 2.19. The molecule has 14 heavy (non-hydrogen) atoms. The summed E-state index contributed by atoms with van der Waals surface area (Å²) in [6.07, 6.45) is 5.02. The summed E-state index contributed by atoms with van der Waals surface area (Å²) in [6.45, 7) is 4.54. The van der Waals surface area contributed by atoms with Gasteiger partial charge in [0.25, 0.3) is 0 Å². The molecule has 0 aliphatic rings. The maximum absolute atomic E-state index is 5.93. The fourth-order valence-electron chi connectivity index (χ4n) is 1.76. The van der Waals surface area contributed by atoms with Gasteiger partial charge in [0.1, 0.15) is 0 Å². The van der Waals surface area contributed by atoms with Gasteiger partial charge in [-0.2, -0.15) is 0 Å². The first-order chi connectivity index (χ1) is 6.76. The molecule has 0 spiro atoms. The van der Waals surface area contributed by atoms with Crippen molar-refractivity contribution < 1.29 is 0 Å². The van der Waals surface area contributed by atoms with E-state index in [4.69, 9.17) is 11.6 Å². The van der Waals surface area contributed by atoms with E-state index in [9.17, 15) is 0 Å². The molecule has 0 radical (unpaired) electrons. The topological polar surface area (TPSA) is 0 Å². The molecule has 0 aromatic heterocycles. The van der Waals surface area contributed by atoms with Gasteiger partial charge < -0.3 is 0 Å². The van der Waals surface area contributed by atoms with Crippen molar-refractivity contribution in [1.29, 1.82) is 0 Å². The van der Waals surface area contributed by atoms with Gasteiger partial charge in [0, 0.05) is 5.02 Å². The van der Waals surface area contributed by atoms with Crippen LogP contribution in [0.1, 0.15) is 38.7 Å². The first-order valence-electron chi connectivity index (χ1n) is 5.50. The molecule has 0 heterocycles. The van der Waals surface area contributed by atoms with E-state index < -0.39 is 0 Å². The second kappa shape index (κ2) is 6.08. The van der Waals surface area contributed by atoms with Gasteiger partial charge in [-0.1, -0.05) is 50.4 Å². The predicted octanol–water partition coefficient (Wildman–Crippen LogP) is 4.71. The minimum Gasteiger partial charge on any atom is -0.0843 e. The number of hydrogen-bond acceptors (Lipinski definition) is 0. The van der Waals surface area contributed by atoms with E-state index >= 15 is 0 Å². The molecule has 0 aliphatic carbocycles. The van der Waals surface area contributed by atoms with Gasteiger partial charge in [-0.3, -0.25) is 0 Å². The largest absolute Gasteiger partial charge is 0.0843 e. The van der Waals surface area contributed by atoms with Crippen LogP contribution >= 0.6 is 11.6 Å². The quantitative estimate of drug-likeness (QED) is 0.661. The van der Waals surface area contributed by atoms with Gasteiger partial charge in [-0.25, -0.2) is 0 Å². The zero-order valence-corrected chi connectivity index (χ0v) is 9.85. The molecule has 0 saturated carbocycles. The van der Waals surface area contributed by atoms with E-state index in [-0.39, 0.29) is 0 Å². The van der Waals surface area contributed by atoms with E-state index in [0.29, 0.717) is 0 Å². The first-order valence-corrected chi connectivity index (χ1v) is 5.88. The summed E-state index contributed by atoms with van der Waals surface area (Å²) < 4.78 is 0.